The minimum Gasteiger partial charge on any atom is -0.467 e. The number of carbonyl (C=O) groups excluding carboxylic acids is 1. The number of hydrogen-bond acceptors (Lipinski definition) is 4. The number of carbonyl (C=O) groups is 1. The predicted octanol–water partition coefficient (Wildman–Crippen LogP) is 3.44. The van der Waals surface area contributed by atoms with E-state index in [1.807, 2.05) is 37.3 Å². The van der Waals surface area contributed by atoms with E-state index in [0.717, 1.165) is 17.7 Å². The summed E-state index contributed by atoms with van der Waals surface area (Å²) in [4.78, 5) is 12.5. The third-order valence-electron chi connectivity index (χ3n) is 3.44. The van der Waals surface area contributed by atoms with Gasteiger partial charge in [-0.3, -0.25) is 5.32 Å². The number of hydrogen-bond donors (Lipinski definition) is 1. The van der Waals surface area contributed by atoms with Crippen molar-refractivity contribution in [3.8, 4) is 0 Å². The zero-order chi connectivity index (χ0) is 15.7. The molecule has 0 fully saturated rings. The Morgan fingerprint density at radius 2 is 2.00 bits per heavy atom. The predicted molar refractivity (Wildman–Crippen MR) is 90.6 cm³/mol. The number of nitrogens with one attached hydrogen (secondary N) is 1. The number of esters is 1. The van der Waals surface area contributed by atoms with Crippen molar-refractivity contribution in [3.05, 3.63) is 35.9 Å². The highest BCUT2D eigenvalue weighted by atomic mass is 32.2. The molecule has 0 spiro atoms. The highest BCUT2D eigenvalue weighted by molar-refractivity contribution is 7.99. The summed E-state index contributed by atoms with van der Waals surface area (Å²) >= 11 is 1.80. The van der Waals surface area contributed by atoms with Crippen LogP contribution in [0.3, 0.4) is 0 Å². The van der Waals surface area contributed by atoms with Crippen LogP contribution in [-0.2, 0) is 15.1 Å². The van der Waals surface area contributed by atoms with Crippen LogP contribution in [0.25, 0.3) is 0 Å². The topological polar surface area (TPSA) is 38.3 Å². The third-order valence-corrected chi connectivity index (χ3v) is 4.60. The van der Waals surface area contributed by atoms with Gasteiger partial charge in [0.1, 0.15) is 0 Å². The second-order valence-electron chi connectivity index (χ2n) is 5.53. The van der Waals surface area contributed by atoms with E-state index < -0.39 is 5.54 Å². The number of likely N-dealkylation sites (N-methyl/N-ethyl adjacent to an activating group) is 1. The monoisotopic (exact) mass is 309 g/mol. The molecule has 0 amide bonds. The van der Waals surface area contributed by atoms with Crippen LogP contribution in [0.15, 0.2) is 30.3 Å². The van der Waals surface area contributed by atoms with E-state index in [9.17, 15) is 4.79 Å². The van der Waals surface area contributed by atoms with E-state index in [1.165, 1.54) is 7.11 Å². The smallest absolute Gasteiger partial charge is 0.331 e. The van der Waals surface area contributed by atoms with Crippen LogP contribution in [0.4, 0.5) is 0 Å². The van der Waals surface area contributed by atoms with E-state index in [2.05, 4.69) is 19.2 Å². The van der Waals surface area contributed by atoms with Crippen molar-refractivity contribution in [2.75, 3.05) is 25.2 Å². The minimum atomic E-state index is -0.758. The summed E-state index contributed by atoms with van der Waals surface area (Å²) in [6.45, 7) is 7.17. The first-order valence-corrected chi connectivity index (χ1v) is 8.69. The normalized spacial score (nSPS) is 14.0. The van der Waals surface area contributed by atoms with E-state index >= 15 is 0 Å². The Bertz CT molecular complexity index is 422. The third kappa shape index (κ3) is 5.04. The molecule has 0 heterocycles. The number of methoxy groups -OCH3 is 1. The molecule has 0 bridgehead atoms. The van der Waals surface area contributed by atoms with Crippen molar-refractivity contribution in [1.29, 1.82) is 0 Å². The zero-order valence-corrected chi connectivity index (χ0v) is 14.3. The average Bonchev–Trinajstić information content (AvgIpc) is 2.50. The standard InChI is InChI=1S/C17H27NO2S/c1-5-18-17(16(19)20-4,13-21-12-11-14(2)3)15-9-7-6-8-10-15/h6-10,14,18H,5,11-13H2,1-4H3. The van der Waals surface area contributed by atoms with Gasteiger partial charge in [0.05, 0.1) is 7.11 Å². The van der Waals surface area contributed by atoms with E-state index in [4.69, 9.17) is 4.74 Å². The van der Waals surface area contributed by atoms with Crippen LogP contribution in [0.1, 0.15) is 32.8 Å². The fraction of sp³-hybridized carbons (Fsp3) is 0.588. The molecule has 4 heteroatoms. The lowest BCUT2D eigenvalue weighted by molar-refractivity contribution is -0.148. The van der Waals surface area contributed by atoms with Gasteiger partial charge in [-0.15, -0.1) is 0 Å². The number of thioether (sulfide) groups is 1. The van der Waals surface area contributed by atoms with Crippen LogP contribution >= 0.6 is 11.8 Å². The molecule has 1 N–H and O–H groups in total. The van der Waals surface area contributed by atoms with Crippen molar-refractivity contribution in [3.63, 3.8) is 0 Å². The van der Waals surface area contributed by atoms with Gasteiger partial charge in [0, 0.05) is 5.75 Å². The molecule has 1 unspecified atom stereocenters. The van der Waals surface area contributed by atoms with Crippen LogP contribution in [0, 0.1) is 5.92 Å². The Morgan fingerprint density at radius 3 is 2.52 bits per heavy atom. The number of rotatable bonds is 9. The fourth-order valence-electron chi connectivity index (χ4n) is 2.23. The van der Waals surface area contributed by atoms with Gasteiger partial charge in [0.2, 0.25) is 0 Å². The molecule has 1 atom stereocenters. The van der Waals surface area contributed by atoms with Crippen LogP contribution in [0.2, 0.25) is 0 Å². The molecule has 1 aromatic rings. The number of ether oxygens (including phenoxy) is 1. The van der Waals surface area contributed by atoms with Gasteiger partial charge in [0.15, 0.2) is 5.54 Å². The molecule has 3 nitrogen and oxygen atoms in total. The van der Waals surface area contributed by atoms with Crippen molar-refractivity contribution in [2.45, 2.75) is 32.7 Å². The molecule has 21 heavy (non-hydrogen) atoms. The largest absolute Gasteiger partial charge is 0.467 e. The lowest BCUT2D eigenvalue weighted by Crippen LogP contribution is -2.52. The lowest BCUT2D eigenvalue weighted by atomic mass is 9.91. The summed E-state index contributed by atoms with van der Waals surface area (Å²) in [5, 5.41) is 3.36. The Labute approximate surface area is 132 Å². The molecule has 0 radical (unpaired) electrons. The van der Waals surface area contributed by atoms with Gasteiger partial charge in [0.25, 0.3) is 0 Å². The number of benzene rings is 1. The second kappa shape index (κ2) is 9.11. The summed E-state index contributed by atoms with van der Waals surface area (Å²) in [6, 6.07) is 9.86. The molecule has 0 aromatic heterocycles. The van der Waals surface area contributed by atoms with Crippen molar-refractivity contribution in [2.24, 2.45) is 5.92 Å². The fourth-order valence-corrected chi connectivity index (χ4v) is 3.70. The first kappa shape index (κ1) is 18.1. The summed E-state index contributed by atoms with van der Waals surface area (Å²) in [5.74, 6) is 2.20. The molecule has 0 saturated carbocycles. The molecule has 1 aromatic carbocycles. The molecule has 0 aliphatic heterocycles. The Hall–Kier alpha value is -1.00. The highest BCUT2D eigenvalue weighted by Gasteiger charge is 2.40. The second-order valence-corrected chi connectivity index (χ2v) is 6.63. The first-order chi connectivity index (χ1) is 10.1. The average molecular weight is 309 g/mol. The summed E-state index contributed by atoms with van der Waals surface area (Å²) in [6.07, 6.45) is 1.16. The van der Waals surface area contributed by atoms with E-state index in [0.29, 0.717) is 18.2 Å². The summed E-state index contributed by atoms with van der Waals surface area (Å²) < 4.78 is 5.09. The Balaban J connectivity index is 2.94. The Kier molecular flexibility index (Phi) is 7.83. The van der Waals surface area contributed by atoms with Crippen LogP contribution < -0.4 is 5.32 Å². The first-order valence-electron chi connectivity index (χ1n) is 7.53. The van der Waals surface area contributed by atoms with E-state index in [1.54, 1.807) is 11.8 Å². The molecule has 0 saturated heterocycles. The lowest BCUT2D eigenvalue weighted by Gasteiger charge is -2.32. The SMILES string of the molecule is CCNC(CSCCC(C)C)(C(=O)OC)c1ccccc1. The van der Waals surface area contributed by atoms with Crippen molar-refractivity contribution in [1.82, 2.24) is 5.32 Å². The summed E-state index contributed by atoms with van der Waals surface area (Å²) in [5.41, 5.74) is 0.211. The van der Waals surface area contributed by atoms with E-state index in [-0.39, 0.29) is 5.97 Å². The van der Waals surface area contributed by atoms with Crippen LogP contribution in [-0.4, -0.2) is 31.1 Å². The maximum atomic E-state index is 12.5. The van der Waals surface area contributed by atoms with Gasteiger partial charge >= 0.3 is 5.97 Å². The van der Waals surface area contributed by atoms with Gasteiger partial charge in [-0.2, -0.15) is 11.8 Å². The zero-order valence-electron chi connectivity index (χ0n) is 13.5. The van der Waals surface area contributed by atoms with Crippen LogP contribution in [0.5, 0.6) is 0 Å². The van der Waals surface area contributed by atoms with Crippen molar-refractivity contribution >= 4 is 17.7 Å². The molecule has 0 aliphatic rings. The molecule has 118 valence electrons. The minimum absolute atomic E-state index is 0.215. The van der Waals surface area contributed by atoms with Gasteiger partial charge in [-0.05, 0) is 30.2 Å². The molecular weight excluding hydrogens is 282 g/mol. The molecule has 0 aliphatic carbocycles. The highest BCUT2D eigenvalue weighted by Crippen LogP contribution is 2.28. The summed E-state index contributed by atoms with van der Waals surface area (Å²) in [7, 11) is 1.45. The molecular formula is C17H27NO2S. The molecule has 1 rings (SSSR count). The van der Waals surface area contributed by atoms with Crippen molar-refractivity contribution < 1.29 is 9.53 Å². The van der Waals surface area contributed by atoms with Gasteiger partial charge in [-0.25, -0.2) is 4.79 Å². The van der Waals surface area contributed by atoms with Gasteiger partial charge in [-0.1, -0.05) is 51.1 Å². The maximum Gasteiger partial charge on any atom is 0.331 e. The maximum absolute atomic E-state index is 12.5. The van der Waals surface area contributed by atoms with Gasteiger partial charge < -0.3 is 4.74 Å². The quantitative estimate of drug-likeness (QED) is 0.560. The Morgan fingerprint density at radius 1 is 1.33 bits per heavy atom.